The number of ether oxygens (including phenoxy) is 1. The van der Waals surface area contributed by atoms with E-state index in [0.29, 0.717) is 5.88 Å². The molecular weight excluding hydrogens is 226 g/mol. The van der Waals surface area contributed by atoms with E-state index >= 15 is 0 Å². The molecule has 1 aliphatic carbocycles. The van der Waals surface area contributed by atoms with E-state index < -0.39 is 0 Å². The quantitative estimate of drug-likeness (QED) is 0.822. The van der Waals surface area contributed by atoms with Gasteiger partial charge in [-0.3, -0.25) is 4.98 Å². The fourth-order valence-electron chi connectivity index (χ4n) is 3.21. The van der Waals surface area contributed by atoms with Crippen molar-refractivity contribution in [1.82, 2.24) is 9.97 Å². The first-order chi connectivity index (χ1) is 8.72. The van der Waals surface area contributed by atoms with Crippen molar-refractivity contribution < 1.29 is 4.74 Å². The highest BCUT2D eigenvalue weighted by Crippen LogP contribution is 2.39. The van der Waals surface area contributed by atoms with Gasteiger partial charge in [0.05, 0.1) is 18.5 Å². The number of rotatable bonds is 3. The molecule has 2 unspecified atom stereocenters. The van der Waals surface area contributed by atoms with Crippen molar-refractivity contribution in [3.05, 3.63) is 12.4 Å². The Hall–Kier alpha value is -1.32. The van der Waals surface area contributed by atoms with Crippen molar-refractivity contribution >= 4 is 5.82 Å². The number of nitrogens with zero attached hydrogens (tertiary/aromatic N) is 3. The minimum Gasteiger partial charge on any atom is -0.474 e. The molecule has 4 nitrogen and oxygen atoms in total. The normalized spacial score (nSPS) is 26.7. The van der Waals surface area contributed by atoms with Gasteiger partial charge in [0, 0.05) is 13.1 Å². The number of fused-ring (bicyclic) bond motifs is 1. The van der Waals surface area contributed by atoms with Crippen LogP contribution in [0.1, 0.15) is 33.1 Å². The van der Waals surface area contributed by atoms with E-state index in [1.807, 2.05) is 20.0 Å². The molecule has 0 bridgehead atoms. The lowest BCUT2D eigenvalue weighted by molar-refractivity contribution is 0.231. The molecule has 1 aromatic rings. The maximum atomic E-state index is 5.61. The molecular formula is C14H21N3O. The first-order valence-electron chi connectivity index (χ1n) is 6.96. The second-order valence-electron chi connectivity index (χ2n) is 5.74. The van der Waals surface area contributed by atoms with Crippen LogP contribution in [0.25, 0.3) is 0 Å². The molecule has 2 fully saturated rings. The molecule has 1 saturated heterocycles. The topological polar surface area (TPSA) is 38.2 Å². The van der Waals surface area contributed by atoms with Gasteiger partial charge in [-0.15, -0.1) is 0 Å². The van der Waals surface area contributed by atoms with Crippen LogP contribution in [0.2, 0.25) is 0 Å². The maximum Gasteiger partial charge on any atom is 0.234 e. The van der Waals surface area contributed by atoms with Crippen LogP contribution in [0.4, 0.5) is 5.82 Å². The lowest BCUT2D eigenvalue weighted by Gasteiger charge is -2.18. The van der Waals surface area contributed by atoms with Gasteiger partial charge in [-0.1, -0.05) is 6.42 Å². The molecule has 1 aliphatic heterocycles. The van der Waals surface area contributed by atoms with Gasteiger partial charge < -0.3 is 9.64 Å². The number of aromatic nitrogens is 2. The fraction of sp³-hybridized carbons (Fsp3) is 0.714. The minimum atomic E-state index is 0.146. The van der Waals surface area contributed by atoms with E-state index in [1.54, 1.807) is 6.20 Å². The molecule has 0 amide bonds. The summed E-state index contributed by atoms with van der Waals surface area (Å²) in [5.41, 5.74) is 0. The third-order valence-corrected chi connectivity index (χ3v) is 4.01. The number of hydrogen-bond donors (Lipinski definition) is 0. The summed E-state index contributed by atoms with van der Waals surface area (Å²) in [7, 11) is 0. The Morgan fingerprint density at radius 3 is 2.61 bits per heavy atom. The highest BCUT2D eigenvalue weighted by molar-refractivity contribution is 5.39. The lowest BCUT2D eigenvalue weighted by atomic mass is 10.0. The highest BCUT2D eigenvalue weighted by atomic mass is 16.5. The summed E-state index contributed by atoms with van der Waals surface area (Å²) >= 11 is 0. The lowest BCUT2D eigenvalue weighted by Crippen LogP contribution is -2.22. The van der Waals surface area contributed by atoms with E-state index in [4.69, 9.17) is 4.74 Å². The predicted octanol–water partition coefficient (Wildman–Crippen LogP) is 2.50. The maximum absolute atomic E-state index is 5.61. The van der Waals surface area contributed by atoms with Gasteiger partial charge in [0.2, 0.25) is 5.88 Å². The van der Waals surface area contributed by atoms with Gasteiger partial charge in [0.1, 0.15) is 0 Å². The van der Waals surface area contributed by atoms with Crippen LogP contribution < -0.4 is 9.64 Å². The van der Waals surface area contributed by atoms with Crippen LogP contribution in [-0.4, -0.2) is 29.2 Å². The highest BCUT2D eigenvalue weighted by Gasteiger charge is 2.36. The Bertz CT molecular complexity index is 409. The molecule has 2 heterocycles. The van der Waals surface area contributed by atoms with Crippen LogP contribution in [-0.2, 0) is 0 Å². The smallest absolute Gasteiger partial charge is 0.234 e. The molecule has 18 heavy (non-hydrogen) atoms. The first kappa shape index (κ1) is 11.8. The van der Waals surface area contributed by atoms with Crippen molar-refractivity contribution in [3.8, 4) is 5.88 Å². The van der Waals surface area contributed by atoms with Crippen molar-refractivity contribution in [1.29, 1.82) is 0 Å². The molecule has 0 N–H and O–H groups in total. The van der Waals surface area contributed by atoms with Gasteiger partial charge >= 0.3 is 0 Å². The van der Waals surface area contributed by atoms with E-state index in [2.05, 4.69) is 14.9 Å². The molecule has 2 atom stereocenters. The first-order valence-corrected chi connectivity index (χ1v) is 6.96. The molecule has 1 saturated carbocycles. The SMILES string of the molecule is CC(C)Oc1cncc(N2CC3CCCC3C2)n1. The standard InChI is InChI=1S/C14H21N3O/c1-10(2)18-14-7-15-6-13(16-14)17-8-11-4-3-5-12(11)9-17/h6-7,10-12H,3-5,8-9H2,1-2H3. The zero-order chi connectivity index (χ0) is 12.5. The average Bonchev–Trinajstić information content (AvgIpc) is 2.88. The van der Waals surface area contributed by atoms with Gasteiger partial charge in [-0.05, 0) is 38.5 Å². The molecule has 98 valence electrons. The Labute approximate surface area is 108 Å². The molecule has 4 heteroatoms. The summed E-state index contributed by atoms with van der Waals surface area (Å²) in [6.07, 6.45) is 7.88. The molecule has 0 radical (unpaired) electrons. The number of hydrogen-bond acceptors (Lipinski definition) is 4. The third kappa shape index (κ3) is 2.28. The van der Waals surface area contributed by atoms with Crippen LogP contribution in [0.3, 0.4) is 0 Å². The summed E-state index contributed by atoms with van der Waals surface area (Å²) < 4.78 is 5.61. The second-order valence-corrected chi connectivity index (χ2v) is 5.74. The summed E-state index contributed by atoms with van der Waals surface area (Å²) in [5, 5.41) is 0. The molecule has 0 spiro atoms. The van der Waals surface area contributed by atoms with Crippen LogP contribution in [0, 0.1) is 11.8 Å². The van der Waals surface area contributed by atoms with Crippen molar-refractivity contribution in [2.24, 2.45) is 11.8 Å². The third-order valence-electron chi connectivity index (χ3n) is 4.01. The monoisotopic (exact) mass is 247 g/mol. The van der Waals surface area contributed by atoms with Crippen LogP contribution in [0.5, 0.6) is 5.88 Å². The zero-order valence-electron chi connectivity index (χ0n) is 11.2. The fourth-order valence-corrected chi connectivity index (χ4v) is 3.21. The van der Waals surface area contributed by atoms with E-state index in [1.165, 1.54) is 19.3 Å². The van der Waals surface area contributed by atoms with E-state index in [9.17, 15) is 0 Å². The van der Waals surface area contributed by atoms with Crippen molar-refractivity contribution in [2.45, 2.75) is 39.2 Å². The van der Waals surface area contributed by atoms with Crippen molar-refractivity contribution in [2.75, 3.05) is 18.0 Å². The Kier molecular flexibility index (Phi) is 3.10. The van der Waals surface area contributed by atoms with Gasteiger partial charge in [-0.25, -0.2) is 0 Å². The van der Waals surface area contributed by atoms with Gasteiger partial charge in [-0.2, -0.15) is 4.98 Å². The van der Waals surface area contributed by atoms with E-state index in [0.717, 1.165) is 30.7 Å². The van der Waals surface area contributed by atoms with Crippen molar-refractivity contribution in [3.63, 3.8) is 0 Å². The molecule has 1 aromatic heterocycles. The summed E-state index contributed by atoms with van der Waals surface area (Å²) in [6.45, 7) is 6.30. The minimum absolute atomic E-state index is 0.146. The molecule has 3 rings (SSSR count). The summed E-state index contributed by atoms with van der Waals surface area (Å²) in [5.74, 6) is 3.37. The second kappa shape index (κ2) is 4.75. The van der Waals surface area contributed by atoms with E-state index in [-0.39, 0.29) is 6.10 Å². The Balaban J connectivity index is 1.72. The van der Waals surface area contributed by atoms with Gasteiger partial charge in [0.25, 0.3) is 0 Å². The summed E-state index contributed by atoms with van der Waals surface area (Å²) in [6, 6.07) is 0. The zero-order valence-corrected chi connectivity index (χ0v) is 11.2. The predicted molar refractivity (Wildman–Crippen MR) is 70.8 cm³/mol. The summed E-state index contributed by atoms with van der Waals surface area (Å²) in [4.78, 5) is 11.2. The Morgan fingerprint density at radius 1 is 1.22 bits per heavy atom. The van der Waals surface area contributed by atoms with Crippen LogP contribution in [0.15, 0.2) is 12.4 Å². The number of anilines is 1. The van der Waals surface area contributed by atoms with Crippen LogP contribution >= 0.6 is 0 Å². The largest absolute Gasteiger partial charge is 0.474 e. The molecule has 0 aromatic carbocycles. The Morgan fingerprint density at radius 2 is 1.94 bits per heavy atom. The van der Waals surface area contributed by atoms with Gasteiger partial charge in [0.15, 0.2) is 5.82 Å². The molecule has 2 aliphatic rings. The average molecular weight is 247 g/mol.